The molecule has 0 spiro atoms. The minimum absolute atomic E-state index is 0.162. The van der Waals surface area contributed by atoms with Gasteiger partial charge in [-0.25, -0.2) is 9.78 Å². The maximum atomic E-state index is 13.0. The van der Waals surface area contributed by atoms with Crippen molar-refractivity contribution in [3.63, 3.8) is 0 Å². The molecule has 19 heavy (non-hydrogen) atoms. The highest BCUT2D eigenvalue weighted by Gasteiger charge is 2.21. The Morgan fingerprint density at radius 3 is 2.84 bits per heavy atom. The minimum Gasteiger partial charge on any atom is -0.244 e. The number of aromatic nitrogens is 5. The van der Waals surface area contributed by atoms with Crippen molar-refractivity contribution in [2.75, 3.05) is 0 Å². The molecular weight excluding hydrogens is 249 g/mol. The van der Waals surface area contributed by atoms with Crippen molar-refractivity contribution in [2.45, 2.75) is 38.3 Å². The lowest BCUT2D eigenvalue weighted by Gasteiger charge is -2.05. The summed E-state index contributed by atoms with van der Waals surface area (Å²) >= 11 is 0. The molecule has 0 unspecified atom stereocenters. The first kappa shape index (κ1) is 12.0. The van der Waals surface area contributed by atoms with Crippen LogP contribution < -0.4 is 5.69 Å². The molecule has 1 fully saturated rings. The highest BCUT2D eigenvalue weighted by atomic mass is 19.1. The third-order valence-electron chi connectivity index (χ3n) is 3.46. The summed E-state index contributed by atoms with van der Waals surface area (Å²) in [5.74, 6) is -0.561. The van der Waals surface area contributed by atoms with Gasteiger partial charge in [0, 0.05) is 6.20 Å². The number of nitrogens with zero attached hydrogens (tertiary/aromatic N) is 5. The summed E-state index contributed by atoms with van der Waals surface area (Å²) < 4.78 is 15.7. The van der Waals surface area contributed by atoms with E-state index in [9.17, 15) is 9.18 Å². The third-order valence-corrected chi connectivity index (χ3v) is 3.46. The lowest BCUT2D eigenvalue weighted by molar-refractivity contribution is 0.441. The van der Waals surface area contributed by atoms with Gasteiger partial charge in [0.2, 0.25) is 5.95 Å². The zero-order chi connectivity index (χ0) is 13.2. The second-order valence-corrected chi connectivity index (χ2v) is 4.79. The molecular formula is C12H14FN5O. The van der Waals surface area contributed by atoms with Gasteiger partial charge in [0.1, 0.15) is 0 Å². The standard InChI is InChI=1S/C12H14FN5O/c13-11-7-9(5-6-14-11)8-17-12(19)18(16-15-17)10-3-1-2-4-10/h5-7,10H,1-4,8H2. The van der Waals surface area contributed by atoms with Gasteiger partial charge in [0.15, 0.2) is 0 Å². The first-order valence-corrected chi connectivity index (χ1v) is 6.37. The number of halogens is 1. The Balaban J connectivity index is 1.84. The molecule has 0 aromatic carbocycles. The molecule has 6 nitrogen and oxygen atoms in total. The molecule has 0 amide bonds. The summed E-state index contributed by atoms with van der Waals surface area (Å²) in [5, 5.41) is 7.78. The van der Waals surface area contributed by atoms with Crippen LogP contribution in [0.15, 0.2) is 23.1 Å². The van der Waals surface area contributed by atoms with Crippen molar-refractivity contribution in [2.24, 2.45) is 0 Å². The van der Waals surface area contributed by atoms with Gasteiger partial charge in [-0.3, -0.25) is 0 Å². The van der Waals surface area contributed by atoms with Crippen LogP contribution in [0.1, 0.15) is 37.3 Å². The Morgan fingerprint density at radius 1 is 1.32 bits per heavy atom. The lowest BCUT2D eigenvalue weighted by atomic mass is 10.2. The van der Waals surface area contributed by atoms with E-state index >= 15 is 0 Å². The smallest absolute Gasteiger partial charge is 0.244 e. The fourth-order valence-corrected chi connectivity index (χ4v) is 2.48. The van der Waals surface area contributed by atoms with Gasteiger partial charge < -0.3 is 0 Å². The van der Waals surface area contributed by atoms with Gasteiger partial charge in [0.05, 0.1) is 12.6 Å². The van der Waals surface area contributed by atoms with Crippen LogP contribution in [-0.2, 0) is 6.54 Å². The molecule has 0 atom stereocenters. The molecule has 1 saturated carbocycles. The second kappa shape index (κ2) is 4.91. The van der Waals surface area contributed by atoms with Crippen LogP contribution >= 0.6 is 0 Å². The van der Waals surface area contributed by atoms with Crippen LogP contribution in [0.5, 0.6) is 0 Å². The lowest BCUT2D eigenvalue weighted by Crippen LogP contribution is -2.28. The van der Waals surface area contributed by atoms with Crippen LogP contribution in [0.4, 0.5) is 4.39 Å². The quantitative estimate of drug-likeness (QED) is 0.779. The largest absolute Gasteiger partial charge is 0.364 e. The molecule has 0 bridgehead atoms. The maximum absolute atomic E-state index is 13.0. The van der Waals surface area contributed by atoms with Crippen LogP contribution in [0, 0.1) is 5.95 Å². The van der Waals surface area contributed by atoms with Gasteiger partial charge in [-0.2, -0.15) is 13.8 Å². The van der Waals surface area contributed by atoms with Crippen molar-refractivity contribution < 1.29 is 4.39 Å². The fourth-order valence-electron chi connectivity index (χ4n) is 2.48. The van der Waals surface area contributed by atoms with E-state index in [0.29, 0.717) is 5.56 Å². The molecule has 1 aliphatic rings. The van der Waals surface area contributed by atoms with Crippen molar-refractivity contribution in [1.29, 1.82) is 0 Å². The van der Waals surface area contributed by atoms with E-state index in [1.807, 2.05) is 0 Å². The summed E-state index contributed by atoms with van der Waals surface area (Å²) in [7, 11) is 0. The van der Waals surface area contributed by atoms with Gasteiger partial charge in [-0.1, -0.05) is 12.8 Å². The van der Waals surface area contributed by atoms with E-state index in [1.54, 1.807) is 6.07 Å². The number of tetrazole rings is 1. The number of pyridine rings is 1. The van der Waals surface area contributed by atoms with Crippen molar-refractivity contribution in [1.82, 2.24) is 24.8 Å². The first-order valence-electron chi connectivity index (χ1n) is 6.37. The zero-order valence-electron chi connectivity index (χ0n) is 10.4. The summed E-state index contributed by atoms with van der Waals surface area (Å²) in [6.45, 7) is 0.213. The molecule has 0 radical (unpaired) electrons. The summed E-state index contributed by atoms with van der Waals surface area (Å²) in [5.41, 5.74) is 0.414. The summed E-state index contributed by atoms with van der Waals surface area (Å²) in [6, 6.07) is 3.11. The third kappa shape index (κ3) is 2.40. The normalized spacial score (nSPS) is 16.1. The van der Waals surface area contributed by atoms with E-state index in [0.717, 1.165) is 25.7 Å². The number of hydrogen-bond acceptors (Lipinski definition) is 4. The van der Waals surface area contributed by atoms with Crippen LogP contribution in [0.3, 0.4) is 0 Å². The Hall–Kier alpha value is -2.05. The fraction of sp³-hybridized carbons (Fsp3) is 0.500. The van der Waals surface area contributed by atoms with Crippen molar-refractivity contribution in [3.8, 4) is 0 Å². The number of rotatable bonds is 3. The Bertz CT molecular complexity index is 629. The predicted octanol–water partition coefficient (Wildman–Crippen LogP) is 1.14. The minimum atomic E-state index is -0.561. The van der Waals surface area contributed by atoms with Crippen molar-refractivity contribution >= 4 is 0 Å². The van der Waals surface area contributed by atoms with E-state index in [2.05, 4.69) is 15.4 Å². The van der Waals surface area contributed by atoms with Gasteiger partial charge >= 0.3 is 5.69 Å². The summed E-state index contributed by atoms with van der Waals surface area (Å²) in [4.78, 5) is 15.6. The van der Waals surface area contributed by atoms with E-state index < -0.39 is 5.95 Å². The van der Waals surface area contributed by atoms with Gasteiger partial charge in [0.25, 0.3) is 0 Å². The van der Waals surface area contributed by atoms with Crippen LogP contribution in [0.2, 0.25) is 0 Å². The molecule has 2 aromatic rings. The highest BCUT2D eigenvalue weighted by Crippen LogP contribution is 2.27. The predicted molar refractivity (Wildman–Crippen MR) is 65.1 cm³/mol. The first-order chi connectivity index (χ1) is 9.24. The molecule has 0 aliphatic heterocycles. The van der Waals surface area contributed by atoms with E-state index in [-0.39, 0.29) is 18.3 Å². The SMILES string of the molecule is O=c1n(Cc2ccnc(F)c2)nnn1C1CCCC1. The molecule has 0 saturated heterocycles. The molecule has 3 rings (SSSR count). The van der Waals surface area contributed by atoms with Crippen LogP contribution in [-0.4, -0.2) is 24.8 Å². The van der Waals surface area contributed by atoms with E-state index in [1.165, 1.54) is 21.6 Å². The van der Waals surface area contributed by atoms with Gasteiger partial charge in [-0.05, 0) is 41.0 Å². The average Bonchev–Trinajstić information content (AvgIpc) is 3.01. The highest BCUT2D eigenvalue weighted by molar-refractivity contribution is 5.10. The monoisotopic (exact) mass is 263 g/mol. The average molecular weight is 263 g/mol. The summed E-state index contributed by atoms with van der Waals surface area (Å²) in [6.07, 6.45) is 5.57. The Labute approximate surface area is 108 Å². The van der Waals surface area contributed by atoms with Gasteiger partial charge in [-0.15, -0.1) is 0 Å². The molecule has 1 aliphatic carbocycles. The second-order valence-electron chi connectivity index (χ2n) is 4.79. The Morgan fingerprint density at radius 2 is 2.11 bits per heavy atom. The number of hydrogen-bond donors (Lipinski definition) is 0. The molecule has 2 aromatic heterocycles. The zero-order valence-corrected chi connectivity index (χ0v) is 10.4. The Kier molecular flexibility index (Phi) is 3.10. The molecule has 100 valence electrons. The van der Waals surface area contributed by atoms with E-state index in [4.69, 9.17) is 0 Å². The maximum Gasteiger partial charge on any atom is 0.364 e. The molecule has 0 N–H and O–H groups in total. The van der Waals surface area contributed by atoms with Crippen molar-refractivity contribution in [3.05, 3.63) is 40.3 Å². The molecule has 7 heteroatoms. The molecule has 2 heterocycles. The van der Waals surface area contributed by atoms with Crippen LogP contribution in [0.25, 0.3) is 0 Å². The topological polar surface area (TPSA) is 65.6 Å².